The van der Waals surface area contributed by atoms with Crippen LogP contribution in [0.3, 0.4) is 0 Å². The summed E-state index contributed by atoms with van der Waals surface area (Å²) in [6.07, 6.45) is 5.30. The summed E-state index contributed by atoms with van der Waals surface area (Å²) in [4.78, 5) is 0. The minimum atomic E-state index is -0.0448. The van der Waals surface area contributed by atoms with Crippen LogP contribution in [0.25, 0.3) is 0 Å². The summed E-state index contributed by atoms with van der Waals surface area (Å²) in [5.41, 5.74) is 0. The molecule has 0 spiro atoms. The lowest BCUT2D eigenvalue weighted by molar-refractivity contribution is -0.202. The zero-order chi connectivity index (χ0) is 8.39. The average Bonchev–Trinajstić information content (AvgIpc) is 2.69. The normalized spacial score (nSPS) is 37.2. The molecule has 3 nitrogen and oxygen atoms in total. The average molecular weight is 172 g/mol. The van der Waals surface area contributed by atoms with Crippen LogP contribution in [-0.2, 0) is 14.2 Å². The number of epoxide rings is 1. The van der Waals surface area contributed by atoms with Crippen LogP contribution in [-0.4, -0.2) is 25.3 Å². The monoisotopic (exact) mass is 172 g/mol. The first kappa shape index (κ1) is 8.48. The van der Waals surface area contributed by atoms with Crippen molar-refractivity contribution in [2.75, 3.05) is 6.61 Å². The number of hydrogen-bond acceptors (Lipinski definition) is 3. The van der Waals surface area contributed by atoms with Gasteiger partial charge in [0, 0.05) is 6.61 Å². The molecular formula is C9H16O3. The van der Waals surface area contributed by atoms with Gasteiger partial charge < -0.3 is 14.2 Å². The maximum atomic E-state index is 5.43. The number of ether oxygens (including phenoxy) is 3. The maximum absolute atomic E-state index is 5.43. The number of rotatable bonds is 6. The van der Waals surface area contributed by atoms with Gasteiger partial charge in [-0.05, 0) is 6.42 Å². The molecule has 3 atom stereocenters. The number of unbranched alkanes of at least 4 members (excludes halogenated alkanes) is 3. The van der Waals surface area contributed by atoms with Crippen molar-refractivity contribution in [3.05, 3.63) is 0 Å². The highest BCUT2D eigenvalue weighted by molar-refractivity contribution is 4.90. The van der Waals surface area contributed by atoms with E-state index in [9.17, 15) is 0 Å². The van der Waals surface area contributed by atoms with Gasteiger partial charge in [-0.25, -0.2) is 0 Å². The fraction of sp³-hybridized carbons (Fsp3) is 1.00. The zero-order valence-electron chi connectivity index (χ0n) is 7.49. The van der Waals surface area contributed by atoms with Gasteiger partial charge in [0.25, 0.3) is 0 Å². The molecule has 3 unspecified atom stereocenters. The van der Waals surface area contributed by atoms with Crippen molar-refractivity contribution in [2.45, 2.75) is 51.3 Å². The van der Waals surface area contributed by atoms with Gasteiger partial charge in [0.2, 0.25) is 0 Å². The van der Waals surface area contributed by atoms with Crippen molar-refractivity contribution < 1.29 is 14.2 Å². The third-order valence-corrected chi connectivity index (χ3v) is 2.30. The molecule has 2 saturated heterocycles. The molecule has 2 rings (SSSR count). The molecular weight excluding hydrogens is 156 g/mol. The van der Waals surface area contributed by atoms with Crippen molar-refractivity contribution in [3.63, 3.8) is 0 Å². The summed E-state index contributed by atoms with van der Waals surface area (Å²) in [5, 5.41) is 0. The smallest absolute Gasteiger partial charge is 0.192 e. The van der Waals surface area contributed by atoms with Crippen LogP contribution >= 0.6 is 0 Å². The quantitative estimate of drug-likeness (QED) is 0.451. The molecule has 12 heavy (non-hydrogen) atoms. The largest absolute Gasteiger partial charge is 0.350 e. The molecule has 0 N–H and O–H groups in total. The Labute approximate surface area is 73.0 Å². The Morgan fingerprint density at radius 1 is 1.17 bits per heavy atom. The van der Waals surface area contributed by atoms with Gasteiger partial charge in [-0.2, -0.15) is 0 Å². The lowest BCUT2D eigenvalue weighted by Crippen LogP contribution is -2.36. The highest BCUT2D eigenvalue weighted by Gasteiger charge is 2.59. The van der Waals surface area contributed by atoms with E-state index in [1.54, 1.807) is 0 Å². The topological polar surface area (TPSA) is 31.0 Å². The summed E-state index contributed by atoms with van der Waals surface area (Å²) in [6, 6.07) is 0. The first-order chi connectivity index (χ1) is 5.92. The molecule has 2 aliphatic heterocycles. The first-order valence-corrected chi connectivity index (χ1v) is 4.84. The van der Waals surface area contributed by atoms with Crippen LogP contribution in [0.15, 0.2) is 0 Å². The molecule has 0 aromatic heterocycles. The van der Waals surface area contributed by atoms with Crippen molar-refractivity contribution in [2.24, 2.45) is 0 Å². The van der Waals surface area contributed by atoms with Gasteiger partial charge in [0.05, 0.1) is 0 Å². The third kappa shape index (κ3) is 1.79. The molecule has 2 fully saturated rings. The molecule has 2 heterocycles. The van der Waals surface area contributed by atoms with Crippen molar-refractivity contribution in [3.8, 4) is 0 Å². The standard InChI is InChI=1S/C9H16O3/c1-2-3-4-5-6-10-8-7-9(11-7)12-8/h7-9H,2-6H2,1H3. The van der Waals surface area contributed by atoms with Crippen LogP contribution in [0, 0.1) is 0 Å². The van der Waals surface area contributed by atoms with E-state index < -0.39 is 0 Å². The van der Waals surface area contributed by atoms with Gasteiger partial charge >= 0.3 is 0 Å². The summed E-state index contributed by atoms with van der Waals surface area (Å²) in [7, 11) is 0. The molecule has 0 bridgehead atoms. The van der Waals surface area contributed by atoms with Crippen LogP contribution in [0.4, 0.5) is 0 Å². The van der Waals surface area contributed by atoms with Crippen LogP contribution in [0.5, 0.6) is 0 Å². The SMILES string of the molecule is CCCCCCOC1OC2OC12. The van der Waals surface area contributed by atoms with Gasteiger partial charge in [-0.1, -0.05) is 26.2 Å². The second kappa shape index (κ2) is 3.73. The zero-order valence-corrected chi connectivity index (χ0v) is 7.49. The maximum Gasteiger partial charge on any atom is 0.192 e. The lowest BCUT2D eigenvalue weighted by atomic mass is 10.2. The van der Waals surface area contributed by atoms with Gasteiger partial charge in [0.15, 0.2) is 18.7 Å². The fourth-order valence-electron chi connectivity index (χ4n) is 1.39. The van der Waals surface area contributed by atoms with Gasteiger partial charge in [0.1, 0.15) is 0 Å². The third-order valence-electron chi connectivity index (χ3n) is 2.30. The predicted octanol–water partition coefficient (Wildman–Crippen LogP) is 1.66. The van der Waals surface area contributed by atoms with E-state index >= 15 is 0 Å². The number of hydrogen-bond donors (Lipinski definition) is 0. The van der Waals surface area contributed by atoms with Crippen LogP contribution in [0.2, 0.25) is 0 Å². The second-order valence-corrected chi connectivity index (χ2v) is 3.41. The highest BCUT2D eigenvalue weighted by atomic mass is 16.9. The molecule has 0 aromatic carbocycles. The Kier molecular flexibility index (Phi) is 2.63. The minimum Gasteiger partial charge on any atom is -0.350 e. The van der Waals surface area contributed by atoms with Crippen molar-refractivity contribution in [1.29, 1.82) is 0 Å². The Morgan fingerprint density at radius 3 is 2.67 bits per heavy atom. The molecule has 0 radical (unpaired) electrons. The number of fused-ring (bicyclic) bond motifs is 1. The van der Waals surface area contributed by atoms with E-state index in [4.69, 9.17) is 14.2 Å². The van der Waals surface area contributed by atoms with E-state index in [0.717, 1.165) is 13.0 Å². The van der Waals surface area contributed by atoms with Crippen molar-refractivity contribution in [1.82, 2.24) is 0 Å². The Morgan fingerprint density at radius 2 is 2.08 bits per heavy atom. The van der Waals surface area contributed by atoms with Gasteiger partial charge in [-0.3, -0.25) is 0 Å². The van der Waals surface area contributed by atoms with Crippen LogP contribution in [0.1, 0.15) is 32.6 Å². The lowest BCUT2D eigenvalue weighted by Gasteiger charge is -2.20. The van der Waals surface area contributed by atoms with E-state index in [1.165, 1.54) is 19.3 Å². The minimum absolute atomic E-state index is 0.0448. The molecule has 3 heteroatoms. The molecule has 2 aliphatic rings. The summed E-state index contributed by atoms with van der Waals surface area (Å²) >= 11 is 0. The van der Waals surface area contributed by atoms with E-state index in [-0.39, 0.29) is 18.7 Å². The predicted molar refractivity (Wildman–Crippen MR) is 43.6 cm³/mol. The summed E-state index contributed by atoms with van der Waals surface area (Å²) in [5.74, 6) is 0. The molecule has 0 amide bonds. The van der Waals surface area contributed by atoms with Gasteiger partial charge in [-0.15, -0.1) is 0 Å². The summed E-state index contributed by atoms with van der Waals surface area (Å²) < 4.78 is 15.7. The summed E-state index contributed by atoms with van der Waals surface area (Å²) in [6.45, 7) is 3.02. The van der Waals surface area contributed by atoms with Crippen LogP contribution < -0.4 is 0 Å². The second-order valence-electron chi connectivity index (χ2n) is 3.41. The Balaban J connectivity index is 1.41. The van der Waals surface area contributed by atoms with E-state index in [2.05, 4.69) is 6.92 Å². The van der Waals surface area contributed by atoms with Crippen molar-refractivity contribution >= 4 is 0 Å². The Bertz CT molecular complexity index is 149. The Hall–Kier alpha value is -0.120. The molecule has 0 saturated carbocycles. The fourth-order valence-corrected chi connectivity index (χ4v) is 1.39. The van der Waals surface area contributed by atoms with E-state index in [1.807, 2.05) is 0 Å². The first-order valence-electron chi connectivity index (χ1n) is 4.84. The molecule has 0 aliphatic carbocycles. The van der Waals surface area contributed by atoms with E-state index in [0.29, 0.717) is 0 Å². The molecule has 0 aromatic rings. The highest BCUT2D eigenvalue weighted by Crippen LogP contribution is 2.40. The molecule has 70 valence electrons.